The molecule has 2 rings (SSSR count). The highest BCUT2D eigenvalue weighted by Crippen LogP contribution is 2.23. The van der Waals surface area contributed by atoms with E-state index < -0.39 is 9.84 Å². The molecule has 2 atom stereocenters. The highest BCUT2D eigenvalue weighted by atomic mass is 35.5. The normalized spacial score (nSPS) is 20.2. The second-order valence-corrected chi connectivity index (χ2v) is 7.62. The number of hydrogen-bond acceptors (Lipinski definition) is 4. The van der Waals surface area contributed by atoms with Crippen LogP contribution in [0.2, 0.25) is 5.02 Å². The first-order valence-electron chi connectivity index (χ1n) is 6.71. The standard InChI is InChI=1S/C14H18ClNO4S/c1-9(12-4-3-7-20-12)16-14(17)10-5-6-11(15)13(8-10)21(2,18)19/h5-6,8-9,12H,3-4,7H2,1-2H3,(H,16,17)/t9-,12-/m1/s1. The maximum absolute atomic E-state index is 12.2. The third-order valence-corrected chi connectivity index (χ3v) is 5.05. The first kappa shape index (κ1) is 16.3. The summed E-state index contributed by atoms with van der Waals surface area (Å²) >= 11 is 5.86. The molecular formula is C14H18ClNO4S. The number of hydrogen-bond donors (Lipinski definition) is 1. The fourth-order valence-electron chi connectivity index (χ4n) is 2.31. The molecule has 0 bridgehead atoms. The van der Waals surface area contributed by atoms with Crippen LogP contribution in [-0.2, 0) is 14.6 Å². The zero-order chi connectivity index (χ0) is 15.6. The van der Waals surface area contributed by atoms with Crippen LogP contribution in [0.4, 0.5) is 0 Å². The van der Waals surface area contributed by atoms with Gasteiger partial charge in [-0.15, -0.1) is 0 Å². The third-order valence-electron chi connectivity index (χ3n) is 3.47. The molecule has 1 saturated heterocycles. The largest absolute Gasteiger partial charge is 0.376 e. The number of nitrogens with one attached hydrogen (secondary N) is 1. The average Bonchev–Trinajstić information content (AvgIpc) is 2.91. The second-order valence-electron chi connectivity index (χ2n) is 5.23. The van der Waals surface area contributed by atoms with Gasteiger partial charge in [0.1, 0.15) is 0 Å². The summed E-state index contributed by atoms with van der Waals surface area (Å²) in [5.74, 6) is -0.334. The lowest BCUT2D eigenvalue weighted by atomic mass is 10.1. The Morgan fingerprint density at radius 2 is 2.19 bits per heavy atom. The number of carbonyl (C=O) groups excluding carboxylic acids is 1. The van der Waals surface area contributed by atoms with Crippen molar-refractivity contribution in [2.24, 2.45) is 0 Å². The molecular weight excluding hydrogens is 314 g/mol. The van der Waals surface area contributed by atoms with Crippen molar-refractivity contribution >= 4 is 27.3 Å². The predicted molar refractivity (Wildman–Crippen MR) is 80.5 cm³/mol. The van der Waals surface area contributed by atoms with Gasteiger partial charge in [0.05, 0.1) is 22.1 Å². The van der Waals surface area contributed by atoms with E-state index in [1.807, 2.05) is 6.92 Å². The van der Waals surface area contributed by atoms with Gasteiger partial charge in [0, 0.05) is 18.4 Å². The van der Waals surface area contributed by atoms with Gasteiger partial charge in [0.15, 0.2) is 9.84 Å². The van der Waals surface area contributed by atoms with Crippen LogP contribution in [-0.4, -0.2) is 39.3 Å². The molecule has 0 radical (unpaired) electrons. The highest BCUT2D eigenvalue weighted by Gasteiger charge is 2.24. The first-order valence-corrected chi connectivity index (χ1v) is 8.98. The Labute approximate surface area is 129 Å². The highest BCUT2D eigenvalue weighted by molar-refractivity contribution is 7.90. The molecule has 0 aromatic heterocycles. The van der Waals surface area contributed by atoms with Crippen LogP contribution in [0.5, 0.6) is 0 Å². The Kier molecular flexibility index (Phi) is 4.91. The van der Waals surface area contributed by atoms with Crippen molar-refractivity contribution in [3.63, 3.8) is 0 Å². The molecule has 5 nitrogen and oxygen atoms in total. The van der Waals surface area contributed by atoms with E-state index in [4.69, 9.17) is 16.3 Å². The van der Waals surface area contributed by atoms with Crippen molar-refractivity contribution in [3.05, 3.63) is 28.8 Å². The molecule has 1 heterocycles. The van der Waals surface area contributed by atoms with E-state index in [1.165, 1.54) is 18.2 Å². The van der Waals surface area contributed by atoms with Gasteiger partial charge in [-0.2, -0.15) is 0 Å². The number of rotatable bonds is 4. The fraction of sp³-hybridized carbons (Fsp3) is 0.500. The number of amides is 1. The topological polar surface area (TPSA) is 72.5 Å². The Balaban J connectivity index is 2.16. The summed E-state index contributed by atoms with van der Waals surface area (Å²) in [6.45, 7) is 2.59. The fourth-order valence-corrected chi connectivity index (χ4v) is 3.61. The Hall–Kier alpha value is -1.11. The molecule has 1 aromatic rings. The lowest BCUT2D eigenvalue weighted by Gasteiger charge is -2.20. The van der Waals surface area contributed by atoms with E-state index in [2.05, 4.69) is 5.32 Å². The van der Waals surface area contributed by atoms with E-state index in [9.17, 15) is 13.2 Å². The monoisotopic (exact) mass is 331 g/mol. The predicted octanol–water partition coefficient (Wildman–Crippen LogP) is 2.04. The summed E-state index contributed by atoms with van der Waals surface area (Å²) in [5, 5.41) is 2.95. The minimum Gasteiger partial charge on any atom is -0.376 e. The number of halogens is 1. The summed E-state index contributed by atoms with van der Waals surface area (Å²) in [6.07, 6.45) is 2.97. The summed E-state index contributed by atoms with van der Waals surface area (Å²) in [7, 11) is -3.47. The van der Waals surface area contributed by atoms with Gasteiger partial charge >= 0.3 is 0 Å². The zero-order valence-electron chi connectivity index (χ0n) is 11.9. The number of benzene rings is 1. The molecule has 1 fully saturated rings. The van der Waals surface area contributed by atoms with Crippen LogP contribution >= 0.6 is 11.6 Å². The van der Waals surface area contributed by atoms with Gasteiger partial charge < -0.3 is 10.1 Å². The molecule has 116 valence electrons. The maximum Gasteiger partial charge on any atom is 0.251 e. The van der Waals surface area contributed by atoms with E-state index >= 15 is 0 Å². The van der Waals surface area contributed by atoms with Crippen LogP contribution in [0.25, 0.3) is 0 Å². The SMILES string of the molecule is C[C@@H](NC(=O)c1ccc(Cl)c(S(C)(=O)=O)c1)[C@H]1CCCO1. The van der Waals surface area contributed by atoms with E-state index in [-0.39, 0.29) is 33.5 Å². The summed E-state index contributed by atoms with van der Waals surface area (Å²) in [4.78, 5) is 12.2. The lowest BCUT2D eigenvalue weighted by Crippen LogP contribution is -2.40. The van der Waals surface area contributed by atoms with Crippen LogP contribution in [0, 0.1) is 0 Å². The molecule has 1 aliphatic heterocycles. The Morgan fingerprint density at radius 1 is 1.48 bits per heavy atom. The van der Waals surface area contributed by atoms with Crippen LogP contribution in [0.1, 0.15) is 30.1 Å². The van der Waals surface area contributed by atoms with Crippen molar-refractivity contribution in [3.8, 4) is 0 Å². The quantitative estimate of drug-likeness (QED) is 0.916. The number of carbonyl (C=O) groups is 1. The molecule has 1 N–H and O–H groups in total. The van der Waals surface area contributed by atoms with Crippen molar-refractivity contribution in [1.82, 2.24) is 5.32 Å². The lowest BCUT2D eigenvalue weighted by molar-refractivity contribution is 0.0712. The van der Waals surface area contributed by atoms with Gasteiger partial charge in [-0.1, -0.05) is 11.6 Å². The number of ether oxygens (including phenoxy) is 1. The maximum atomic E-state index is 12.2. The zero-order valence-corrected chi connectivity index (χ0v) is 13.5. The molecule has 0 saturated carbocycles. The summed E-state index contributed by atoms with van der Waals surface area (Å²) in [6, 6.07) is 4.10. The second kappa shape index (κ2) is 6.34. The molecule has 0 aliphatic carbocycles. The molecule has 1 amide bonds. The van der Waals surface area contributed by atoms with Crippen LogP contribution in [0.15, 0.2) is 23.1 Å². The minimum atomic E-state index is -3.47. The van der Waals surface area contributed by atoms with Gasteiger partial charge in [-0.3, -0.25) is 4.79 Å². The molecule has 0 unspecified atom stereocenters. The average molecular weight is 332 g/mol. The Bertz CT molecular complexity index is 638. The first-order chi connectivity index (χ1) is 9.79. The molecule has 1 aliphatic rings. The molecule has 0 spiro atoms. The van der Waals surface area contributed by atoms with E-state index in [0.29, 0.717) is 6.61 Å². The smallest absolute Gasteiger partial charge is 0.251 e. The van der Waals surface area contributed by atoms with Gasteiger partial charge in [0.25, 0.3) is 5.91 Å². The van der Waals surface area contributed by atoms with Crippen LogP contribution in [0.3, 0.4) is 0 Å². The third kappa shape index (κ3) is 3.96. The van der Waals surface area contributed by atoms with E-state index in [0.717, 1.165) is 19.1 Å². The van der Waals surface area contributed by atoms with Gasteiger partial charge in [-0.05, 0) is 38.0 Å². The molecule has 21 heavy (non-hydrogen) atoms. The summed E-state index contributed by atoms with van der Waals surface area (Å²) < 4.78 is 28.8. The summed E-state index contributed by atoms with van der Waals surface area (Å²) in [5.41, 5.74) is 0.268. The van der Waals surface area contributed by atoms with Crippen molar-refractivity contribution in [2.75, 3.05) is 12.9 Å². The molecule has 7 heteroatoms. The van der Waals surface area contributed by atoms with Crippen molar-refractivity contribution in [1.29, 1.82) is 0 Å². The van der Waals surface area contributed by atoms with Crippen molar-refractivity contribution in [2.45, 2.75) is 36.8 Å². The van der Waals surface area contributed by atoms with E-state index in [1.54, 1.807) is 0 Å². The van der Waals surface area contributed by atoms with Crippen LogP contribution < -0.4 is 5.32 Å². The van der Waals surface area contributed by atoms with Crippen molar-refractivity contribution < 1.29 is 17.9 Å². The minimum absolute atomic E-state index is 0.00984. The van der Waals surface area contributed by atoms with Gasteiger partial charge in [0.2, 0.25) is 0 Å². The number of sulfone groups is 1. The Morgan fingerprint density at radius 3 is 2.76 bits per heavy atom. The molecule has 1 aromatic carbocycles. The van der Waals surface area contributed by atoms with Gasteiger partial charge in [-0.25, -0.2) is 8.42 Å².